The minimum atomic E-state index is -0.0672. The van der Waals surface area contributed by atoms with Crippen molar-refractivity contribution in [3.05, 3.63) is 35.5 Å². The van der Waals surface area contributed by atoms with Gasteiger partial charge in [0.25, 0.3) is 0 Å². The van der Waals surface area contributed by atoms with Crippen molar-refractivity contribution >= 4 is 33.0 Å². The Morgan fingerprint density at radius 3 is 2.92 bits per heavy atom. The lowest BCUT2D eigenvalue weighted by Crippen LogP contribution is -2.36. The number of anilines is 1. The molecule has 0 amide bonds. The number of nitrogens with zero attached hydrogens (tertiary/aromatic N) is 3. The van der Waals surface area contributed by atoms with Crippen LogP contribution in [0.15, 0.2) is 30.5 Å². The Hall–Kier alpha value is -1.63. The quantitative estimate of drug-likeness (QED) is 0.734. The van der Waals surface area contributed by atoms with Crippen molar-refractivity contribution in [2.75, 3.05) is 11.9 Å². The first kappa shape index (κ1) is 15.9. The molecule has 24 heavy (non-hydrogen) atoms. The number of aliphatic hydroxyl groups is 1. The van der Waals surface area contributed by atoms with E-state index in [4.69, 9.17) is 11.6 Å². The fourth-order valence-corrected chi connectivity index (χ4v) is 4.30. The summed E-state index contributed by atoms with van der Waals surface area (Å²) in [6.07, 6.45) is 5.18. The van der Waals surface area contributed by atoms with Gasteiger partial charge in [-0.25, -0.2) is 9.50 Å². The number of rotatable bonds is 4. The van der Waals surface area contributed by atoms with E-state index in [1.165, 1.54) is 11.3 Å². The molecule has 4 rings (SSSR count). The first-order valence-electron chi connectivity index (χ1n) is 8.07. The van der Waals surface area contributed by atoms with E-state index in [9.17, 15) is 5.11 Å². The zero-order chi connectivity index (χ0) is 16.7. The summed E-state index contributed by atoms with van der Waals surface area (Å²) < 4.78 is 1.81. The highest BCUT2D eigenvalue weighted by atomic mass is 35.5. The predicted octanol–water partition coefficient (Wildman–Crippen LogP) is 4.07. The summed E-state index contributed by atoms with van der Waals surface area (Å²) in [6.45, 7) is 2.34. The summed E-state index contributed by atoms with van der Waals surface area (Å²) in [7, 11) is 0. The Bertz CT molecular complexity index is 828. The number of aromatic nitrogens is 3. The smallest absolute Gasteiger partial charge is 0.214 e. The summed E-state index contributed by atoms with van der Waals surface area (Å²) in [5.41, 5.74) is 1.84. The molecule has 1 aliphatic rings. The third-order valence-electron chi connectivity index (χ3n) is 4.92. The Balaban J connectivity index is 1.57. The van der Waals surface area contributed by atoms with Gasteiger partial charge < -0.3 is 10.4 Å². The zero-order valence-corrected chi connectivity index (χ0v) is 14.9. The van der Waals surface area contributed by atoms with Crippen LogP contribution in [-0.2, 0) is 0 Å². The lowest BCUT2D eigenvalue weighted by molar-refractivity contribution is 0.139. The van der Waals surface area contributed by atoms with Crippen molar-refractivity contribution in [1.29, 1.82) is 0 Å². The summed E-state index contributed by atoms with van der Waals surface area (Å²) >= 11 is 7.47. The Kier molecular flexibility index (Phi) is 3.98. The highest BCUT2D eigenvalue weighted by Gasteiger charge is 2.38. The summed E-state index contributed by atoms with van der Waals surface area (Å²) in [4.78, 5) is 5.50. The topological polar surface area (TPSA) is 62.5 Å². The fourth-order valence-electron chi connectivity index (χ4n) is 3.34. The maximum absolute atomic E-state index is 9.67. The molecular weight excluding hydrogens is 344 g/mol. The van der Waals surface area contributed by atoms with Gasteiger partial charge in [0.15, 0.2) is 0 Å². The van der Waals surface area contributed by atoms with Crippen LogP contribution in [0.2, 0.25) is 5.02 Å². The first-order chi connectivity index (χ1) is 11.6. The summed E-state index contributed by atoms with van der Waals surface area (Å²) in [6, 6.07) is 7.90. The lowest BCUT2D eigenvalue weighted by atomic mass is 9.86. The van der Waals surface area contributed by atoms with Gasteiger partial charge in [0.2, 0.25) is 10.1 Å². The Labute approximate surface area is 149 Å². The first-order valence-corrected chi connectivity index (χ1v) is 9.26. The molecule has 0 radical (unpaired) electrons. The van der Waals surface area contributed by atoms with E-state index < -0.39 is 0 Å². The molecule has 1 saturated carbocycles. The SMILES string of the molecule is CC1(CO)CCCC1Nc1nn2cc(-c3ccc(Cl)cc3)nc2s1. The summed E-state index contributed by atoms with van der Waals surface area (Å²) in [5.74, 6) is 0. The molecular formula is C17H19ClN4OS. The number of fused-ring (bicyclic) bond motifs is 1. The average molecular weight is 363 g/mol. The molecule has 7 heteroatoms. The maximum Gasteiger partial charge on any atom is 0.214 e. The number of benzene rings is 1. The number of imidazole rings is 1. The standard InChI is InChI=1S/C17H19ClN4OS/c1-17(10-23)8-2-3-14(17)20-15-21-22-9-13(19-16(22)24-15)11-4-6-12(18)7-5-11/h4-7,9,14,23H,2-3,8,10H2,1H3,(H,20,21). The number of hydrogen-bond acceptors (Lipinski definition) is 5. The van der Waals surface area contributed by atoms with Crippen molar-refractivity contribution in [3.8, 4) is 11.3 Å². The number of halogens is 1. The van der Waals surface area contributed by atoms with E-state index in [0.29, 0.717) is 5.02 Å². The number of hydrogen-bond donors (Lipinski definition) is 2. The van der Waals surface area contributed by atoms with Crippen LogP contribution in [0.4, 0.5) is 5.13 Å². The van der Waals surface area contributed by atoms with Crippen LogP contribution < -0.4 is 5.32 Å². The molecule has 0 aliphatic heterocycles. The molecule has 2 unspecified atom stereocenters. The molecule has 2 atom stereocenters. The molecule has 3 aromatic rings. The molecule has 5 nitrogen and oxygen atoms in total. The summed E-state index contributed by atoms with van der Waals surface area (Å²) in [5, 5.41) is 19.3. The van der Waals surface area contributed by atoms with Crippen LogP contribution in [0.5, 0.6) is 0 Å². The Morgan fingerprint density at radius 1 is 1.42 bits per heavy atom. The minimum Gasteiger partial charge on any atom is -0.396 e. The van der Waals surface area contributed by atoms with Gasteiger partial charge in [-0.05, 0) is 25.0 Å². The minimum absolute atomic E-state index is 0.0672. The molecule has 0 spiro atoms. The van der Waals surface area contributed by atoms with Crippen molar-refractivity contribution in [2.45, 2.75) is 32.2 Å². The van der Waals surface area contributed by atoms with Crippen LogP contribution in [0.25, 0.3) is 16.2 Å². The molecule has 2 aromatic heterocycles. The molecule has 0 saturated heterocycles. The molecule has 1 fully saturated rings. The molecule has 1 aromatic carbocycles. The molecule has 1 aliphatic carbocycles. The van der Waals surface area contributed by atoms with E-state index in [0.717, 1.165) is 40.6 Å². The highest BCUT2D eigenvalue weighted by molar-refractivity contribution is 7.20. The average Bonchev–Trinajstić information content (AvgIpc) is 3.23. The second kappa shape index (κ2) is 6.02. The van der Waals surface area contributed by atoms with Crippen molar-refractivity contribution in [2.24, 2.45) is 5.41 Å². The Morgan fingerprint density at radius 2 is 2.21 bits per heavy atom. The molecule has 2 N–H and O–H groups in total. The van der Waals surface area contributed by atoms with E-state index in [1.807, 2.05) is 35.0 Å². The van der Waals surface area contributed by atoms with Crippen LogP contribution in [-0.4, -0.2) is 32.4 Å². The lowest BCUT2D eigenvalue weighted by Gasteiger charge is -2.29. The second-order valence-electron chi connectivity index (χ2n) is 6.67. The van der Waals surface area contributed by atoms with Crippen LogP contribution in [0, 0.1) is 5.41 Å². The third kappa shape index (κ3) is 2.79. The van der Waals surface area contributed by atoms with Gasteiger partial charge in [-0.1, -0.05) is 48.4 Å². The number of nitrogens with one attached hydrogen (secondary N) is 1. The largest absolute Gasteiger partial charge is 0.396 e. The van der Waals surface area contributed by atoms with Crippen molar-refractivity contribution in [3.63, 3.8) is 0 Å². The van der Waals surface area contributed by atoms with Crippen molar-refractivity contribution < 1.29 is 5.11 Å². The second-order valence-corrected chi connectivity index (χ2v) is 8.06. The normalized spacial score (nSPS) is 23.9. The third-order valence-corrected chi connectivity index (χ3v) is 6.03. The van der Waals surface area contributed by atoms with Gasteiger partial charge in [-0.15, -0.1) is 5.10 Å². The molecule has 2 heterocycles. The van der Waals surface area contributed by atoms with Gasteiger partial charge in [0, 0.05) is 22.0 Å². The van der Waals surface area contributed by atoms with Crippen LogP contribution >= 0.6 is 22.9 Å². The monoisotopic (exact) mass is 362 g/mol. The molecule has 126 valence electrons. The van der Waals surface area contributed by atoms with Gasteiger partial charge >= 0.3 is 0 Å². The maximum atomic E-state index is 9.67. The van der Waals surface area contributed by atoms with Gasteiger partial charge in [0.05, 0.1) is 18.5 Å². The van der Waals surface area contributed by atoms with E-state index >= 15 is 0 Å². The van der Waals surface area contributed by atoms with E-state index in [2.05, 4.69) is 22.3 Å². The van der Waals surface area contributed by atoms with E-state index in [-0.39, 0.29) is 18.1 Å². The fraction of sp³-hybridized carbons (Fsp3) is 0.412. The number of aliphatic hydroxyl groups excluding tert-OH is 1. The van der Waals surface area contributed by atoms with Crippen LogP contribution in [0.1, 0.15) is 26.2 Å². The highest BCUT2D eigenvalue weighted by Crippen LogP contribution is 2.39. The van der Waals surface area contributed by atoms with E-state index in [1.54, 1.807) is 0 Å². The molecule has 0 bridgehead atoms. The zero-order valence-electron chi connectivity index (χ0n) is 13.4. The predicted molar refractivity (Wildman–Crippen MR) is 97.8 cm³/mol. The van der Waals surface area contributed by atoms with Crippen LogP contribution in [0.3, 0.4) is 0 Å². The van der Waals surface area contributed by atoms with Crippen molar-refractivity contribution in [1.82, 2.24) is 14.6 Å². The van der Waals surface area contributed by atoms with Gasteiger partial charge in [0.1, 0.15) is 0 Å². The van der Waals surface area contributed by atoms with Gasteiger partial charge in [-0.3, -0.25) is 0 Å². The van der Waals surface area contributed by atoms with Gasteiger partial charge in [-0.2, -0.15) is 0 Å².